The van der Waals surface area contributed by atoms with Gasteiger partial charge in [0.2, 0.25) is 0 Å². The van der Waals surface area contributed by atoms with Crippen molar-refractivity contribution < 1.29 is 19.1 Å². The lowest BCUT2D eigenvalue weighted by atomic mass is 10.0. The summed E-state index contributed by atoms with van der Waals surface area (Å²) in [6.45, 7) is 0. The number of pyridine rings is 2. The zero-order chi connectivity index (χ0) is 24.5. The van der Waals surface area contributed by atoms with Crippen LogP contribution in [0.1, 0.15) is 24.0 Å². The number of rotatable bonds is 0. The van der Waals surface area contributed by atoms with Gasteiger partial charge >= 0.3 is 0 Å². The average molecular weight is 480 g/mol. The zero-order valence-electron chi connectivity index (χ0n) is 18.9. The third-order valence-corrected chi connectivity index (χ3v) is 5.72. The molecular weight excluding hydrogens is 460 g/mol. The number of anilines is 2. The van der Waals surface area contributed by atoms with E-state index in [0.717, 1.165) is 23.6 Å². The van der Waals surface area contributed by atoms with Gasteiger partial charge < -0.3 is 20.1 Å². The van der Waals surface area contributed by atoms with Gasteiger partial charge in [0.05, 0.1) is 35.2 Å². The van der Waals surface area contributed by atoms with Crippen molar-refractivity contribution in [2.24, 2.45) is 4.99 Å². The quantitative estimate of drug-likeness (QED) is 0.491. The van der Waals surface area contributed by atoms with Crippen molar-refractivity contribution >= 4 is 41.3 Å². The number of hydrogen-bond acceptors (Lipinski definition) is 9. The Kier molecular flexibility index (Phi) is 5.38. The van der Waals surface area contributed by atoms with Crippen molar-refractivity contribution in [3.63, 3.8) is 0 Å². The lowest BCUT2D eigenvalue weighted by Crippen LogP contribution is -2.19. The van der Waals surface area contributed by atoms with Crippen molar-refractivity contribution in [1.82, 2.24) is 15.3 Å². The van der Waals surface area contributed by atoms with Gasteiger partial charge in [-0.05, 0) is 36.4 Å². The van der Waals surface area contributed by atoms with Crippen LogP contribution < -0.4 is 16.0 Å². The summed E-state index contributed by atoms with van der Waals surface area (Å²) in [4.78, 5) is 38.6. The number of fused-ring (bicyclic) bond motifs is 4. The minimum Gasteiger partial charge on any atom is -0.490 e. The van der Waals surface area contributed by atoms with E-state index in [4.69, 9.17) is 9.47 Å². The molecule has 1 saturated heterocycles. The molecule has 0 radical (unpaired) electrons. The Hall–Kier alpha value is -4.99. The summed E-state index contributed by atoms with van der Waals surface area (Å²) in [5, 5.41) is 8.51. The Balaban J connectivity index is 1.39. The molecule has 6 rings (SSSR count). The molecule has 3 N–H and O–H groups in total. The standard InChI is InChI=1S/C26H20N6O4/c33-25-17-11-15-3-1-5-27-23(15)29-7-9-35-21-13-19(21)31-20-14-22(20)36-10-8-30-24-16(4-2-6-28-24)12-18(17)26(34)32-25/h1-12,21H,13-14H2,(H,27,29)(H,28,30)(H,32,33,34)/b9-7-,10-8+,17-11-,18-12+,31-19+. The van der Waals surface area contributed by atoms with Gasteiger partial charge in [-0.3, -0.25) is 19.9 Å². The number of imide groups is 1. The summed E-state index contributed by atoms with van der Waals surface area (Å²) in [6.07, 6.45) is 14.2. The van der Waals surface area contributed by atoms with Gasteiger partial charge in [-0.15, -0.1) is 0 Å². The molecular formula is C26H20N6O4. The third kappa shape index (κ3) is 4.51. The highest BCUT2D eigenvalue weighted by atomic mass is 16.5. The SMILES string of the molecule is O=C1NC(=O)/C2=C/c3cccnc3N/C=C/OC3=C(C3)/N=C3\CC3O/C=C\Nc3ncccc3\C=C/12. The molecule has 4 aliphatic rings. The molecule has 10 heteroatoms. The van der Waals surface area contributed by atoms with E-state index in [0.29, 0.717) is 29.2 Å². The van der Waals surface area contributed by atoms with E-state index in [2.05, 4.69) is 30.9 Å². The molecule has 1 saturated carbocycles. The number of ether oxygens (including phenoxy) is 2. The van der Waals surface area contributed by atoms with Gasteiger partial charge in [0.15, 0.2) is 0 Å². The average Bonchev–Trinajstić information content (AvgIpc) is 3.79. The van der Waals surface area contributed by atoms with Crippen LogP contribution in [0.4, 0.5) is 11.6 Å². The van der Waals surface area contributed by atoms with Crippen molar-refractivity contribution in [2.45, 2.75) is 18.9 Å². The summed E-state index contributed by atoms with van der Waals surface area (Å²) in [5.41, 5.74) is 3.58. The van der Waals surface area contributed by atoms with E-state index in [1.54, 1.807) is 67.5 Å². The Morgan fingerprint density at radius 3 is 2.17 bits per heavy atom. The van der Waals surface area contributed by atoms with Crippen LogP contribution in [-0.4, -0.2) is 33.6 Å². The fourth-order valence-corrected chi connectivity index (χ4v) is 3.73. The molecule has 0 aromatic carbocycles. The summed E-state index contributed by atoms with van der Waals surface area (Å²) in [7, 11) is 0. The minimum atomic E-state index is -0.488. The van der Waals surface area contributed by atoms with Gasteiger partial charge in [-0.2, -0.15) is 0 Å². The smallest absolute Gasteiger partial charge is 0.258 e. The summed E-state index contributed by atoms with van der Waals surface area (Å²) < 4.78 is 11.3. The summed E-state index contributed by atoms with van der Waals surface area (Å²) >= 11 is 0. The van der Waals surface area contributed by atoms with Crippen LogP contribution in [0.15, 0.2) is 89.2 Å². The Bertz CT molecular complexity index is 1470. The van der Waals surface area contributed by atoms with Crippen LogP contribution in [0, 0.1) is 0 Å². The number of amides is 2. The van der Waals surface area contributed by atoms with Gasteiger partial charge in [-0.25, -0.2) is 9.97 Å². The highest BCUT2D eigenvalue weighted by Crippen LogP contribution is 2.36. The molecule has 178 valence electrons. The maximum Gasteiger partial charge on any atom is 0.258 e. The second kappa shape index (κ2) is 8.99. The van der Waals surface area contributed by atoms with E-state index < -0.39 is 11.8 Å². The largest absolute Gasteiger partial charge is 0.490 e. The number of carbonyl (C=O) groups excluding carboxylic acids is 2. The fourth-order valence-electron chi connectivity index (χ4n) is 3.73. The summed E-state index contributed by atoms with van der Waals surface area (Å²) in [5.74, 6) is 0.832. The van der Waals surface area contributed by atoms with Crippen molar-refractivity contribution in [1.29, 1.82) is 0 Å². The van der Waals surface area contributed by atoms with E-state index in [-0.39, 0.29) is 17.3 Å². The van der Waals surface area contributed by atoms with Gasteiger partial charge in [0, 0.05) is 42.3 Å². The van der Waals surface area contributed by atoms with Crippen LogP contribution in [0.5, 0.6) is 0 Å². The third-order valence-electron chi connectivity index (χ3n) is 5.72. The van der Waals surface area contributed by atoms with Crippen molar-refractivity contribution in [3.8, 4) is 0 Å². The molecule has 2 aromatic rings. The van der Waals surface area contributed by atoms with Crippen molar-refractivity contribution in [3.05, 3.63) is 95.3 Å². The second-order valence-electron chi connectivity index (χ2n) is 8.27. The van der Waals surface area contributed by atoms with Gasteiger partial charge in [0.1, 0.15) is 29.8 Å². The first kappa shape index (κ1) is 21.5. The number of hydrogen-bond donors (Lipinski definition) is 3. The molecule has 2 fully saturated rings. The molecule has 2 aromatic heterocycles. The molecule has 2 aliphatic heterocycles. The van der Waals surface area contributed by atoms with Crippen molar-refractivity contribution in [2.75, 3.05) is 10.6 Å². The van der Waals surface area contributed by atoms with Crippen LogP contribution >= 0.6 is 0 Å². The number of nitrogens with one attached hydrogen (secondary N) is 3. The predicted molar refractivity (Wildman–Crippen MR) is 133 cm³/mol. The van der Waals surface area contributed by atoms with E-state index >= 15 is 0 Å². The van der Waals surface area contributed by atoms with Gasteiger partial charge in [0.25, 0.3) is 11.8 Å². The topological polar surface area (TPSA) is 127 Å². The Morgan fingerprint density at radius 2 is 1.50 bits per heavy atom. The highest BCUT2D eigenvalue weighted by molar-refractivity contribution is 6.28. The van der Waals surface area contributed by atoms with Crippen LogP contribution in [0.25, 0.3) is 12.2 Å². The molecule has 0 spiro atoms. The first-order chi connectivity index (χ1) is 17.7. The Labute approximate surface area is 205 Å². The zero-order valence-corrected chi connectivity index (χ0v) is 18.9. The van der Waals surface area contributed by atoms with E-state index in [1.165, 1.54) is 6.26 Å². The maximum atomic E-state index is 12.7. The molecule has 4 heterocycles. The molecule has 1 unspecified atom stereocenters. The molecule has 0 bridgehead atoms. The number of carbonyl (C=O) groups is 2. The number of allylic oxidation sites excluding steroid dienone is 2. The monoisotopic (exact) mass is 480 g/mol. The predicted octanol–water partition coefficient (Wildman–Crippen LogP) is 3.24. The number of aromatic nitrogens is 2. The maximum absolute atomic E-state index is 12.7. The van der Waals surface area contributed by atoms with Crippen LogP contribution in [0.3, 0.4) is 0 Å². The molecule has 10 nitrogen and oxygen atoms in total. The first-order valence-electron chi connectivity index (χ1n) is 11.3. The van der Waals surface area contributed by atoms with E-state index in [9.17, 15) is 9.59 Å². The van der Waals surface area contributed by atoms with Gasteiger partial charge in [-0.1, -0.05) is 0 Å². The molecule has 36 heavy (non-hydrogen) atoms. The highest BCUT2D eigenvalue weighted by Gasteiger charge is 2.36. The van der Waals surface area contributed by atoms with Crippen LogP contribution in [0.2, 0.25) is 0 Å². The Morgan fingerprint density at radius 1 is 0.861 bits per heavy atom. The second-order valence-corrected chi connectivity index (χ2v) is 8.27. The minimum absolute atomic E-state index is 0.0579. The fraction of sp³-hybridized carbons (Fsp3) is 0.115. The van der Waals surface area contributed by atoms with E-state index in [1.807, 2.05) is 0 Å². The molecule has 2 aliphatic carbocycles. The number of aliphatic imine (C=N–C) groups is 1. The summed E-state index contributed by atoms with van der Waals surface area (Å²) in [6, 6.07) is 7.10. The lowest BCUT2D eigenvalue weighted by molar-refractivity contribution is -0.123. The molecule has 1 atom stereocenters. The normalized spacial score (nSPS) is 26.7. The number of nitrogens with zero attached hydrogens (tertiary/aromatic N) is 3. The first-order valence-corrected chi connectivity index (χ1v) is 11.3. The van der Waals surface area contributed by atoms with Crippen LogP contribution in [-0.2, 0) is 19.1 Å². The lowest BCUT2D eigenvalue weighted by Gasteiger charge is -2.07. The molecule has 2 amide bonds.